The maximum Gasteiger partial charge on any atom is 0.167 e. The average Bonchev–Trinajstić information content (AvgIpc) is 2.62. The van der Waals surface area contributed by atoms with Gasteiger partial charge in [-0.1, -0.05) is 0 Å². The minimum absolute atomic E-state index is 0.258. The van der Waals surface area contributed by atoms with Gasteiger partial charge in [0.2, 0.25) is 0 Å². The first-order valence-corrected chi connectivity index (χ1v) is 7.41. The Kier molecular flexibility index (Phi) is 4.29. The molecule has 1 aromatic carbocycles. The smallest absolute Gasteiger partial charge is 0.167 e. The van der Waals surface area contributed by atoms with Crippen LogP contribution in [-0.4, -0.2) is 38.3 Å². The lowest BCUT2D eigenvalue weighted by molar-refractivity contribution is 0.386. The highest BCUT2D eigenvalue weighted by Crippen LogP contribution is 2.25. The largest absolute Gasteiger partial charge is 0.494 e. The molecular weight excluding hydrogens is 295 g/mol. The van der Waals surface area contributed by atoms with Gasteiger partial charge in [0.05, 0.1) is 12.7 Å². The van der Waals surface area contributed by atoms with Crippen molar-refractivity contribution in [3.05, 3.63) is 47.9 Å². The van der Waals surface area contributed by atoms with Crippen LogP contribution in [0.5, 0.6) is 5.75 Å². The van der Waals surface area contributed by atoms with Gasteiger partial charge in [-0.05, 0) is 24.3 Å². The summed E-state index contributed by atoms with van der Waals surface area (Å²) < 4.78 is 18.8. The minimum Gasteiger partial charge on any atom is -0.494 e. The Morgan fingerprint density at radius 1 is 1.13 bits per heavy atom. The summed E-state index contributed by atoms with van der Waals surface area (Å²) >= 11 is 0. The molecule has 23 heavy (non-hydrogen) atoms. The van der Waals surface area contributed by atoms with Gasteiger partial charge < -0.3 is 14.5 Å². The van der Waals surface area contributed by atoms with Crippen LogP contribution in [0.1, 0.15) is 5.56 Å². The number of hydrogen-bond acceptors (Lipinski definition) is 5. The van der Waals surface area contributed by atoms with Crippen molar-refractivity contribution in [1.82, 2.24) is 4.98 Å². The van der Waals surface area contributed by atoms with Crippen LogP contribution in [0.2, 0.25) is 0 Å². The lowest BCUT2D eigenvalue weighted by Gasteiger charge is -2.36. The van der Waals surface area contributed by atoms with Gasteiger partial charge in [-0.15, -0.1) is 0 Å². The summed E-state index contributed by atoms with van der Waals surface area (Å²) in [6, 6.07) is 10.7. The van der Waals surface area contributed by atoms with Crippen LogP contribution in [0.25, 0.3) is 0 Å². The molecule has 0 bridgehead atoms. The minimum atomic E-state index is -0.346. The lowest BCUT2D eigenvalue weighted by atomic mass is 10.2. The van der Waals surface area contributed by atoms with E-state index in [2.05, 4.69) is 20.9 Å². The highest BCUT2D eigenvalue weighted by molar-refractivity contribution is 5.52. The molecule has 1 aromatic heterocycles. The number of methoxy groups -OCH3 is 1. The van der Waals surface area contributed by atoms with Crippen LogP contribution < -0.4 is 14.5 Å². The standard InChI is InChI=1S/C17H17FN4O/c1-23-16-4-3-14(10-15(16)18)21-6-8-22(9-7-21)17-5-2-13(11-19)12-20-17/h2-5,10,12H,6-9H2,1H3. The zero-order valence-corrected chi connectivity index (χ0v) is 12.9. The number of nitrogens with zero attached hydrogens (tertiary/aromatic N) is 4. The summed E-state index contributed by atoms with van der Waals surface area (Å²) in [6.07, 6.45) is 1.58. The average molecular weight is 312 g/mol. The molecule has 1 saturated heterocycles. The number of anilines is 2. The number of benzene rings is 1. The summed E-state index contributed by atoms with van der Waals surface area (Å²) in [6.45, 7) is 3.17. The van der Waals surface area contributed by atoms with Crippen molar-refractivity contribution in [2.24, 2.45) is 0 Å². The van der Waals surface area contributed by atoms with Crippen LogP contribution in [0.4, 0.5) is 15.9 Å². The fraction of sp³-hybridized carbons (Fsp3) is 0.294. The van der Waals surface area contributed by atoms with Crippen molar-refractivity contribution in [1.29, 1.82) is 5.26 Å². The summed E-state index contributed by atoms with van der Waals surface area (Å²) in [5, 5.41) is 8.81. The van der Waals surface area contributed by atoms with Crippen molar-refractivity contribution in [2.75, 3.05) is 43.1 Å². The van der Waals surface area contributed by atoms with Crippen molar-refractivity contribution >= 4 is 11.5 Å². The van der Waals surface area contributed by atoms with Crippen molar-refractivity contribution in [3.8, 4) is 11.8 Å². The second-order valence-corrected chi connectivity index (χ2v) is 5.31. The number of halogens is 1. The molecule has 0 radical (unpaired) electrons. The highest BCUT2D eigenvalue weighted by atomic mass is 19.1. The molecule has 0 spiro atoms. The molecular formula is C17H17FN4O. The molecule has 3 rings (SSSR count). The molecule has 2 aromatic rings. The Balaban J connectivity index is 1.66. The van der Waals surface area contributed by atoms with Crippen LogP contribution in [0.3, 0.4) is 0 Å². The maximum absolute atomic E-state index is 13.8. The van der Waals surface area contributed by atoms with Gasteiger partial charge in [0.15, 0.2) is 11.6 Å². The molecule has 0 amide bonds. The molecule has 118 valence electrons. The van der Waals surface area contributed by atoms with Crippen molar-refractivity contribution in [3.63, 3.8) is 0 Å². The Bertz CT molecular complexity index is 718. The fourth-order valence-corrected chi connectivity index (χ4v) is 2.68. The Labute approximate surface area is 134 Å². The van der Waals surface area contributed by atoms with E-state index in [1.165, 1.54) is 13.2 Å². The number of aromatic nitrogens is 1. The Hall–Kier alpha value is -2.81. The van der Waals surface area contributed by atoms with E-state index < -0.39 is 0 Å². The first-order chi connectivity index (χ1) is 11.2. The number of hydrogen-bond donors (Lipinski definition) is 0. The molecule has 0 N–H and O–H groups in total. The van der Waals surface area contributed by atoms with E-state index in [1.54, 1.807) is 18.3 Å². The molecule has 0 unspecified atom stereocenters. The predicted molar refractivity (Wildman–Crippen MR) is 86.3 cm³/mol. The summed E-state index contributed by atoms with van der Waals surface area (Å²) in [7, 11) is 1.46. The van der Waals surface area contributed by atoms with Gasteiger partial charge in [0, 0.05) is 44.1 Å². The Morgan fingerprint density at radius 2 is 1.87 bits per heavy atom. The monoisotopic (exact) mass is 312 g/mol. The lowest BCUT2D eigenvalue weighted by Crippen LogP contribution is -2.46. The fourth-order valence-electron chi connectivity index (χ4n) is 2.68. The third-order valence-corrected chi connectivity index (χ3v) is 3.98. The molecule has 0 atom stereocenters. The summed E-state index contributed by atoms with van der Waals surface area (Å²) in [5.41, 5.74) is 1.41. The van der Waals surface area contributed by atoms with E-state index in [0.29, 0.717) is 5.56 Å². The van der Waals surface area contributed by atoms with E-state index in [1.807, 2.05) is 12.1 Å². The molecule has 5 nitrogen and oxygen atoms in total. The molecule has 0 saturated carbocycles. The first kappa shape index (κ1) is 15.1. The van der Waals surface area contributed by atoms with E-state index in [-0.39, 0.29) is 11.6 Å². The number of nitriles is 1. The van der Waals surface area contributed by atoms with E-state index in [0.717, 1.165) is 37.7 Å². The third-order valence-electron chi connectivity index (χ3n) is 3.98. The molecule has 0 aliphatic carbocycles. The number of ether oxygens (including phenoxy) is 1. The highest BCUT2D eigenvalue weighted by Gasteiger charge is 2.19. The third kappa shape index (κ3) is 3.19. The normalized spacial score (nSPS) is 14.5. The second kappa shape index (κ2) is 6.53. The SMILES string of the molecule is COc1ccc(N2CCN(c3ccc(C#N)cn3)CC2)cc1F. The molecule has 2 heterocycles. The van der Waals surface area contributed by atoms with Gasteiger partial charge >= 0.3 is 0 Å². The van der Waals surface area contributed by atoms with Crippen molar-refractivity contribution < 1.29 is 9.13 Å². The second-order valence-electron chi connectivity index (χ2n) is 5.31. The number of piperazine rings is 1. The predicted octanol–water partition coefficient (Wildman–Crippen LogP) is 2.43. The van der Waals surface area contributed by atoms with Crippen LogP contribution in [0.15, 0.2) is 36.5 Å². The van der Waals surface area contributed by atoms with Crippen LogP contribution >= 0.6 is 0 Å². The zero-order chi connectivity index (χ0) is 16.2. The first-order valence-electron chi connectivity index (χ1n) is 7.41. The van der Waals surface area contributed by atoms with Gasteiger partial charge in [-0.25, -0.2) is 9.37 Å². The molecule has 1 aliphatic heterocycles. The number of rotatable bonds is 3. The van der Waals surface area contributed by atoms with Gasteiger partial charge in [-0.3, -0.25) is 0 Å². The Morgan fingerprint density at radius 3 is 2.43 bits per heavy atom. The van der Waals surface area contributed by atoms with E-state index in [9.17, 15) is 4.39 Å². The van der Waals surface area contributed by atoms with Gasteiger partial charge in [0.1, 0.15) is 11.9 Å². The van der Waals surface area contributed by atoms with E-state index in [4.69, 9.17) is 10.00 Å². The zero-order valence-electron chi connectivity index (χ0n) is 12.9. The van der Waals surface area contributed by atoms with Gasteiger partial charge in [-0.2, -0.15) is 5.26 Å². The van der Waals surface area contributed by atoms with Crippen molar-refractivity contribution in [2.45, 2.75) is 0 Å². The molecule has 1 aliphatic rings. The van der Waals surface area contributed by atoms with Crippen LogP contribution in [0, 0.1) is 17.1 Å². The maximum atomic E-state index is 13.8. The quantitative estimate of drug-likeness (QED) is 0.871. The summed E-state index contributed by atoms with van der Waals surface area (Å²) in [4.78, 5) is 8.62. The molecule has 6 heteroatoms. The number of pyridine rings is 1. The van der Waals surface area contributed by atoms with Gasteiger partial charge in [0.25, 0.3) is 0 Å². The van der Waals surface area contributed by atoms with Crippen LogP contribution in [-0.2, 0) is 0 Å². The summed E-state index contributed by atoms with van der Waals surface area (Å²) in [5.74, 6) is 0.778. The molecule has 1 fully saturated rings. The topological polar surface area (TPSA) is 52.4 Å². The van der Waals surface area contributed by atoms with E-state index >= 15 is 0 Å².